The van der Waals surface area contributed by atoms with Gasteiger partial charge in [0.1, 0.15) is 6.17 Å². The maximum Gasteiger partial charge on any atom is 0.312 e. The molecule has 2 nitrogen and oxygen atoms in total. The van der Waals surface area contributed by atoms with E-state index in [1.807, 2.05) is 0 Å². The normalized spacial score (nSPS) is 44.0. The van der Waals surface area contributed by atoms with Crippen molar-refractivity contribution in [3.8, 4) is 0 Å². The Morgan fingerprint density at radius 3 is 2.38 bits per heavy atom. The first-order chi connectivity index (χ1) is 3.57. The Kier molecular flexibility index (Phi) is 0.840. The summed E-state index contributed by atoms with van der Waals surface area (Å²) < 4.78 is 12.0. The highest BCUT2D eigenvalue weighted by molar-refractivity contribution is 5.78. The van der Waals surface area contributed by atoms with E-state index in [1.54, 1.807) is 0 Å². The first-order valence-electron chi connectivity index (χ1n) is 2.45. The highest BCUT2D eigenvalue weighted by atomic mass is 19.1. The van der Waals surface area contributed by atoms with Crippen molar-refractivity contribution < 1.29 is 14.3 Å². The lowest BCUT2D eigenvalue weighted by atomic mass is 10.1. The molecule has 1 aliphatic carbocycles. The molecule has 0 aromatic heterocycles. The van der Waals surface area contributed by atoms with Crippen molar-refractivity contribution in [2.24, 2.45) is 5.41 Å². The van der Waals surface area contributed by atoms with Crippen molar-refractivity contribution in [2.45, 2.75) is 19.5 Å². The third-order valence-corrected chi connectivity index (χ3v) is 1.62. The lowest BCUT2D eigenvalue weighted by Crippen LogP contribution is -2.12. The van der Waals surface area contributed by atoms with Crippen LogP contribution in [0, 0.1) is 5.41 Å². The zero-order valence-electron chi connectivity index (χ0n) is 4.52. The maximum absolute atomic E-state index is 12.0. The maximum atomic E-state index is 12.0. The number of rotatable bonds is 1. The summed E-state index contributed by atoms with van der Waals surface area (Å²) in [6.45, 7) is 1.42. The molecule has 0 heterocycles. The molecule has 0 amide bonds. The van der Waals surface area contributed by atoms with Crippen LogP contribution in [0.1, 0.15) is 13.3 Å². The van der Waals surface area contributed by atoms with Crippen molar-refractivity contribution in [1.29, 1.82) is 0 Å². The first kappa shape index (κ1) is 5.54. The van der Waals surface area contributed by atoms with Crippen molar-refractivity contribution in [1.82, 2.24) is 0 Å². The molecule has 0 spiro atoms. The van der Waals surface area contributed by atoms with Crippen LogP contribution in [0.4, 0.5) is 4.39 Å². The van der Waals surface area contributed by atoms with Crippen LogP contribution in [0.5, 0.6) is 0 Å². The van der Waals surface area contributed by atoms with E-state index in [9.17, 15) is 9.18 Å². The summed E-state index contributed by atoms with van der Waals surface area (Å²) in [4.78, 5) is 10.1. The number of halogens is 1. The summed E-state index contributed by atoms with van der Waals surface area (Å²) in [7, 11) is 0. The van der Waals surface area contributed by atoms with Crippen molar-refractivity contribution in [3.05, 3.63) is 0 Å². The van der Waals surface area contributed by atoms with Gasteiger partial charge in [0, 0.05) is 0 Å². The van der Waals surface area contributed by atoms with Gasteiger partial charge < -0.3 is 5.11 Å². The van der Waals surface area contributed by atoms with Gasteiger partial charge in [0.05, 0.1) is 5.41 Å². The molecule has 0 aromatic carbocycles. The number of hydrogen-bond donors (Lipinski definition) is 1. The molecule has 0 radical (unpaired) electrons. The van der Waals surface area contributed by atoms with Crippen LogP contribution >= 0.6 is 0 Å². The molecule has 46 valence electrons. The molecule has 1 fully saturated rings. The summed E-state index contributed by atoms with van der Waals surface area (Å²) in [5.41, 5.74) is -1.04. The van der Waals surface area contributed by atoms with Crippen LogP contribution in [0.25, 0.3) is 0 Å². The quantitative estimate of drug-likeness (QED) is 0.553. The molecule has 1 unspecified atom stereocenters. The monoisotopic (exact) mass is 118 g/mol. The van der Waals surface area contributed by atoms with Gasteiger partial charge in [-0.3, -0.25) is 4.79 Å². The standard InChI is InChI=1S/C5H7FO2/c1-5(4(7)8)2-3(5)6/h3H,2H2,1H3,(H,7,8)/t3?,5-/m1/s1. The molecule has 1 saturated carbocycles. The van der Waals surface area contributed by atoms with Crippen LogP contribution in [-0.4, -0.2) is 17.2 Å². The van der Waals surface area contributed by atoms with Gasteiger partial charge in [0.15, 0.2) is 0 Å². The van der Waals surface area contributed by atoms with E-state index in [1.165, 1.54) is 6.92 Å². The Morgan fingerprint density at radius 1 is 2.00 bits per heavy atom. The molecule has 1 aliphatic rings. The Hall–Kier alpha value is -0.600. The summed E-state index contributed by atoms with van der Waals surface area (Å²) in [5, 5.41) is 8.24. The van der Waals surface area contributed by atoms with Gasteiger partial charge in [-0.1, -0.05) is 0 Å². The van der Waals surface area contributed by atoms with Gasteiger partial charge in [-0.05, 0) is 13.3 Å². The molecule has 0 aliphatic heterocycles. The highest BCUT2D eigenvalue weighted by Gasteiger charge is 2.57. The Bertz CT molecular complexity index is 134. The second-order valence-electron chi connectivity index (χ2n) is 2.39. The lowest BCUT2D eigenvalue weighted by molar-refractivity contribution is -0.143. The molecule has 2 atom stereocenters. The second kappa shape index (κ2) is 1.21. The summed E-state index contributed by atoms with van der Waals surface area (Å²) in [6.07, 6.45) is -0.928. The third kappa shape index (κ3) is 0.504. The number of carboxylic acid groups (broad SMARTS) is 1. The SMILES string of the molecule is C[C@@]1(C(=O)O)CC1F. The molecule has 3 heteroatoms. The molecule has 1 rings (SSSR count). The van der Waals surface area contributed by atoms with Crippen LogP contribution in [-0.2, 0) is 4.79 Å². The van der Waals surface area contributed by atoms with Gasteiger partial charge in [0.2, 0.25) is 0 Å². The molecular weight excluding hydrogens is 111 g/mol. The smallest absolute Gasteiger partial charge is 0.312 e. The van der Waals surface area contributed by atoms with E-state index in [0.29, 0.717) is 0 Å². The lowest BCUT2D eigenvalue weighted by Gasteiger charge is -1.95. The Morgan fingerprint density at radius 2 is 2.38 bits per heavy atom. The van der Waals surface area contributed by atoms with Gasteiger partial charge in [-0.25, -0.2) is 4.39 Å². The fraction of sp³-hybridized carbons (Fsp3) is 0.800. The topological polar surface area (TPSA) is 37.3 Å². The third-order valence-electron chi connectivity index (χ3n) is 1.62. The van der Waals surface area contributed by atoms with Crippen LogP contribution in [0.3, 0.4) is 0 Å². The van der Waals surface area contributed by atoms with E-state index in [2.05, 4.69) is 0 Å². The molecule has 1 N–H and O–H groups in total. The zero-order chi connectivity index (χ0) is 6.36. The van der Waals surface area contributed by atoms with Gasteiger partial charge in [-0.15, -0.1) is 0 Å². The zero-order valence-corrected chi connectivity index (χ0v) is 4.52. The molecular formula is C5H7FO2. The fourth-order valence-electron chi connectivity index (χ4n) is 0.535. The average Bonchev–Trinajstić information content (AvgIpc) is 2.17. The van der Waals surface area contributed by atoms with E-state index in [4.69, 9.17) is 5.11 Å². The van der Waals surface area contributed by atoms with Gasteiger partial charge in [-0.2, -0.15) is 0 Å². The van der Waals surface area contributed by atoms with E-state index < -0.39 is 17.6 Å². The van der Waals surface area contributed by atoms with Crippen molar-refractivity contribution in [2.75, 3.05) is 0 Å². The minimum atomic E-state index is -1.11. The largest absolute Gasteiger partial charge is 0.481 e. The highest BCUT2D eigenvalue weighted by Crippen LogP contribution is 2.48. The van der Waals surface area contributed by atoms with E-state index in [0.717, 1.165) is 0 Å². The predicted molar refractivity (Wildman–Crippen MR) is 25.3 cm³/mol. The predicted octanol–water partition coefficient (Wildman–Crippen LogP) is 0.819. The Labute approximate surface area is 46.3 Å². The number of hydrogen-bond acceptors (Lipinski definition) is 1. The minimum absolute atomic E-state index is 0.183. The van der Waals surface area contributed by atoms with E-state index >= 15 is 0 Å². The molecule has 0 saturated heterocycles. The number of alkyl halides is 1. The average molecular weight is 118 g/mol. The minimum Gasteiger partial charge on any atom is -0.481 e. The van der Waals surface area contributed by atoms with Crippen molar-refractivity contribution in [3.63, 3.8) is 0 Å². The number of carbonyl (C=O) groups is 1. The summed E-state index contributed by atoms with van der Waals surface area (Å²) in [6, 6.07) is 0. The molecule has 8 heavy (non-hydrogen) atoms. The fourth-order valence-corrected chi connectivity index (χ4v) is 0.535. The molecule has 0 bridgehead atoms. The van der Waals surface area contributed by atoms with Crippen LogP contribution in [0.2, 0.25) is 0 Å². The number of carboxylic acids is 1. The van der Waals surface area contributed by atoms with Crippen LogP contribution < -0.4 is 0 Å². The number of aliphatic carboxylic acids is 1. The summed E-state index contributed by atoms with van der Waals surface area (Å²) >= 11 is 0. The first-order valence-corrected chi connectivity index (χ1v) is 2.45. The van der Waals surface area contributed by atoms with E-state index in [-0.39, 0.29) is 6.42 Å². The van der Waals surface area contributed by atoms with Crippen LogP contribution in [0.15, 0.2) is 0 Å². The van der Waals surface area contributed by atoms with Crippen molar-refractivity contribution >= 4 is 5.97 Å². The summed E-state index contributed by atoms with van der Waals surface area (Å²) in [5.74, 6) is -1.02. The Balaban J connectivity index is 2.60. The molecule has 0 aromatic rings. The van der Waals surface area contributed by atoms with Gasteiger partial charge in [0.25, 0.3) is 0 Å². The van der Waals surface area contributed by atoms with Gasteiger partial charge >= 0.3 is 5.97 Å². The second-order valence-corrected chi connectivity index (χ2v) is 2.39.